The largest absolute Gasteiger partial charge is 0.312 e. The molecule has 0 saturated carbocycles. The molecule has 0 aliphatic rings. The molecule has 29 heavy (non-hydrogen) atoms. The highest BCUT2D eigenvalue weighted by Gasteiger charge is 2.17. The Hall–Kier alpha value is -2.60. The van der Waals surface area contributed by atoms with Crippen molar-refractivity contribution in [2.45, 2.75) is 45.2 Å². The van der Waals surface area contributed by atoms with Gasteiger partial charge in [-0.1, -0.05) is 61.0 Å². The van der Waals surface area contributed by atoms with Crippen LogP contribution in [0.4, 0.5) is 5.69 Å². The van der Waals surface area contributed by atoms with E-state index in [2.05, 4.69) is 33.8 Å². The van der Waals surface area contributed by atoms with Gasteiger partial charge in [0.2, 0.25) is 5.91 Å². The van der Waals surface area contributed by atoms with Gasteiger partial charge >= 0.3 is 0 Å². The summed E-state index contributed by atoms with van der Waals surface area (Å²) in [5.74, 6) is 1.91. The molecular formula is C23H28N4OS. The minimum atomic E-state index is 0.0252. The number of carbonyl (C=O) groups excluding carboxylic acids is 1. The molecule has 1 amide bonds. The summed E-state index contributed by atoms with van der Waals surface area (Å²) in [5, 5.41) is 9.82. The fourth-order valence-electron chi connectivity index (χ4n) is 3.10. The number of benzene rings is 2. The van der Waals surface area contributed by atoms with E-state index in [1.165, 1.54) is 5.56 Å². The first-order valence-electron chi connectivity index (χ1n) is 10.1. The molecule has 3 rings (SSSR count). The van der Waals surface area contributed by atoms with Crippen molar-refractivity contribution in [1.82, 2.24) is 14.8 Å². The summed E-state index contributed by atoms with van der Waals surface area (Å²) in [6.45, 7) is 6.40. The van der Waals surface area contributed by atoms with Crippen LogP contribution in [0, 0.1) is 6.92 Å². The molecule has 0 radical (unpaired) electrons. The van der Waals surface area contributed by atoms with Crippen molar-refractivity contribution in [2.24, 2.45) is 0 Å². The Morgan fingerprint density at radius 3 is 2.45 bits per heavy atom. The van der Waals surface area contributed by atoms with Gasteiger partial charge in [-0.25, -0.2) is 0 Å². The number of aryl methyl sites for hydroxylation is 1. The van der Waals surface area contributed by atoms with E-state index in [0.29, 0.717) is 13.0 Å². The average Bonchev–Trinajstić information content (AvgIpc) is 3.13. The molecule has 6 heteroatoms. The van der Waals surface area contributed by atoms with E-state index < -0.39 is 0 Å². The van der Waals surface area contributed by atoms with Crippen LogP contribution >= 0.6 is 11.8 Å². The van der Waals surface area contributed by atoms with Gasteiger partial charge in [0.15, 0.2) is 5.16 Å². The number of thioether (sulfide) groups is 1. The third-order valence-electron chi connectivity index (χ3n) is 4.73. The SMILES string of the molecule is CCCCSc1nnc(CCN(C(C)=O)c2ccc(C)cc2)n1-c1ccccc1. The molecule has 0 aliphatic heterocycles. The lowest BCUT2D eigenvalue weighted by atomic mass is 10.2. The van der Waals surface area contributed by atoms with Gasteiger partial charge in [0.05, 0.1) is 0 Å². The molecule has 0 spiro atoms. The number of unbranched alkanes of at least 4 members (excludes halogenated alkanes) is 1. The maximum absolute atomic E-state index is 12.3. The number of para-hydroxylation sites is 1. The minimum Gasteiger partial charge on any atom is -0.312 e. The van der Waals surface area contributed by atoms with Gasteiger partial charge in [0.1, 0.15) is 5.82 Å². The fourth-order valence-corrected chi connectivity index (χ4v) is 4.16. The average molecular weight is 409 g/mol. The van der Waals surface area contributed by atoms with Crippen LogP contribution in [-0.2, 0) is 11.2 Å². The molecule has 0 saturated heterocycles. The van der Waals surface area contributed by atoms with Gasteiger partial charge < -0.3 is 4.90 Å². The number of aromatic nitrogens is 3. The third-order valence-corrected chi connectivity index (χ3v) is 5.74. The van der Waals surface area contributed by atoms with Gasteiger partial charge in [0, 0.05) is 37.0 Å². The van der Waals surface area contributed by atoms with Gasteiger partial charge in [0.25, 0.3) is 0 Å². The number of amides is 1. The zero-order valence-electron chi connectivity index (χ0n) is 17.3. The standard InChI is InChI=1S/C23H28N4OS/c1-4-5-17-29-23-25-24-22(27(23)21-9-7-6-8-10-21)15-16-26(19(3)28)20-13-11-18(2)12-14-20/h6-14H,4-5,15-17H2,1-3H3. The van der Waals surface area contributed by atoms with Crippen molar-refractivity contribution >= 4 is 23.4 Å². The van der Waals surface area contributed by atoms with Crippen molar-refractivity contribution < 1.29 is 4.79 Å². The molecule has 0 unspecified atom stereocenters. The molecule has 5 nitrogen and oxygen atoms in total. The number of anilines is 1. The predicted octanol–water partition coefficient (Wildman–Crippen LogP) is 5.06. The molecule has 1 aromatic heterocycles. The summed E-state index contributed by atoms with van der Waals surface area (Å²) in [7, 11) is 0. The molecule has 0 fully saturated rings. The Balaban J connectivity index is 1.83. The summed E-state index contributed by atoms with van der Waals surface area (Å²) >= 11 is 1.73. The first kappa shape index (κ1) is 21.1. The van der Waals surface area contributed by atoms with E-state index in [0.717, 1.165) is 41.0 Å². The van der Waals surface area contributed by atoms with Crippen LogP contribution in [0.3, 0.4) is 0 Å². The fraction of sp³-hybridized carbons (Fsp3) is 0.348. The lowest BCUT2D eigenvalue weighted by Crippen LogP contribution is -2.31. The zero-order chi connectivity index (χ0) is 20.6. The van der Waals surface area contributed by atoms with Gasteiger partial charge in [-0.3, -0.25) is 9.36 Å². The van der Waals surface area contributed by atoms with Gasteiger partial charge in [-0.15, -0.1) is 10.2 Å². The van der Waals surface area contributed by atoms with Crippen molar-refractivity contribution in [3.8, 4) is 5.69 Å². The number of hydrogen-bond acceptors (Lipinski definition) is 4. The highest BCUT2D eigenvalue weighted by molar-refractivity contribution is 7.99. The molecular weight excluding hydrogens is 380 g/mol. The second-order valence-corrected chi connectivity index (χ2v) is 8.09. The first-order chi connectivity index (χ1) is 14.1. The van der Waals surface area contributed by atoms with Gasteiger partial charge in [-0.05, 0) is 37.6 Å². The number of hydrogen-bond donors (Lipinski definition) is 0. The Kier molecular flexibility index (Phi) is 7.47. The third kappa shape index (κ3) is 5.48. The Morgan fingerprint density at radius 1 is 1.07 bits per heavy atom. The Labute approximate surface area is 177 Å². The molecule has 0 aliphatic carbocycles. The molecule has 3 aromatic rings. The molecule has 0 atom stereocenters. The number of rotatable bonds is 9. The second kappa shape index (κ2) is 10.3. The van der Waals surface area contributed by atoms with E-state index in [9.17, 15) is 4.79 Å². The smallest absolute Gasteiger partial charge is 0.223 e. The van der Waals surface area contributed by atoms with Crippen LogP contribution in [0.2, 0.25) is 0 Å². The van der Waals surface area contributed by atoms with E-state index in [1.54, 1.807) is 23.6 Å². The molecule has 2 aromatic carbocycles. The van der Waals surface area contributed by atoms with E-state index in [4.69, 9.17) is 0 Å². The van der Waals surface area contributed by atoms with E-state index in [1.807, 2.05) is 49.4 Å². The highest BCUT2D eigenvalue weighted by atomic mass is 32.2. The predicted molar refractivity (Wildman–Crippen MR) is 120 cm³/mol. The molecule has 0 bridgehead atoms. The van der Waals surface area contributed by atoms with Crippen LogP contribution in [-0.4, -0.2) is 33.0 Å². The highest BCUT2D eigenvalue weighted by Crippen LogP contribution is 2.24. The molecule has 152 valence electrons. The summed E-state index contributed by atoms with van der Waals surface area (Å²) in [6.07, 6.45) is 2.93. The first-order valence-corrected chi connectivity index (χ1v) is 11.1. The normalized spacial score (nSPS) is 10.9. The van der Waals surface area contributed by atoms with Crippen LogP contribution in [0.15, 0.2) is 59.8 Å². The quantitative estimate of drug-likeness (QED) is 0.367. The van der Waals surface area contributed by atoms with Crippen molar-refractivity contribution in [3.05, 3.63) is 66.0 Å². The summed E-state index contributed by atoms with van der Waals surface area (Å²) in [5.41, 5.74) is 3.14. The van der Waals surface area contributed by atoms with Gasteiger partial charge in [-0.2, -0.15) is 0 Å². The second-order valence-electron chi connectivity index (χ2n) is 7.03. The minimum absolute atomic E-state index is 0.0252. The van der Waals surface area contributed by atoms with Crippen LogP contribution in [0.1, 0.15) is 38.1 Å². The Morgan fingerprint density at radius 2 is 1.79 bits per heavy atom. The summed E-state index contributed by atoms with van der Waals surface area (Å²) < 4.78 is 2.12. The van der Waals surface area contributed by atoms with Crippen LogP contribution in [0.5, 0.6) is 0 Å². The maximum Gasteiger partial charge on any atom is 0.223 e. The van der Waals surface area contributed by atoms with Crippen molar-refractivity contribution in [1.29, 1.82) is 0 Å². The van der Waals surface area contributed by atoms with E-state index in [-0.39, 0.29) is 5.91 Å². The topological polar surface area (TPSA) is 51.0 Å². The lowest BCUT2D eigenvalue weighted by Gasteiger charge is -2.21. The number of nitrogens with zero attached hydrogens (tertiary/aromatic N) is 4. The molecule has 0 N–H and O–H groups in total. The monoisotopic (exact) mass is 408 g/mol. The zero-order valence-corrected chi connectivity index (χ0v) is 18.2. The van der Waals surface area contributed by atoms with Crippen LogP contribution < -0.4 is 4.90 Å². The maximum atomic E-state index is 12.3. The Bertz CT molecular complexity index is 922. The van der Waals surface area contributed by atoms with Crippen molar-refractivity contribution in [2.75, 3.05) is 17.2 Å². The number of carbonyl (C=O) groups is 1. The van der Waals surface area contributed by atoms with E-state index >= 15 is 0 Å². The van der Waals surface area contributed by atoms with Crippen LogP contribution in [0.25, 0.3) is 5.69 Å². The molecule has 1 heterocycles. The summed E-state index contributed by atoms with van der Waals surface area (Å²) in [6, 6.07) is 18.2. The van der Waals surface area contributed by atoms with Crippen molar-refractivity contribution in [3.63, 3.8) is 0 Å². The summed E-state index contributed by atoms with van der Waals surface area (Å²) in [4.78, 5) is 14.1. The lowest BCUT2D eigenvalue weighted by molar-refractivity contribution is -0.116.